The Morgan fingerprint density at radius 2 is 1.14 bits per heavy atom. The number of hydrogen-bond acceptors (Lipinski definition) is 8. The number of carbonyl (C=O) groups excluding carboxylic acids is 4. The highest BCUT2D eigenvalue weighted by Gasteiger charge is 2.33. The average Bonchev–Trinajstić information content (AvgIpc) is 3.83. The molecule has 0 radical (unpaired) electrons. The topological polar surface area (TPSA) is 150 Å². The Balaban J connectivity index is 1.25. The van der Waals surface area contributed by atoms with Crippen LogP contribution in [0.4, 0.5) is 24.1 Å². The van der Waals surface area contributed by atoms with Crippen LogP contribution in [0.15, 0.2) is 78.9 Å². The molecule has 58 heavy (non-hydrogen) atoms. The van der Waals surface area contributed by atoms with Crippen molar-refractivity contribution < 1.29 is 46.9 Å². The van der Waals surface area contributed by atoms with Gasteiger partial charge in [0.15, 0.2) is 11.6 Å². The maximum absolute atomic E-state index is 14.5. The third kappa shape index (κ3) is 10.4. The maximum Gasteiger partial charge on any atom is 0.410 e. The SMILES string of the molecule is CC(C)(C)OC(=O)N1CC[C@H](Oc2ccc(NC(=O)c3ccc(O[C@H]4CCN(C(=O)OC(C)(C)C)C4)c(-c4ccc(F)c(F)c4)c3)cc2-c2ccc(C(N)=O)cc2)C1. The summed E-state index contributed by atoms with van der Waals surface area (Å²) in [5, 5.41) is 2.92. The van der Waals surface area contributed by atoms with E-state index < -0.39 is 52.9 Å². The zero-order valence-corrected chi connectivity index (χ0v) is 33.4. The van der Waals surface area contributed by atoms with Crippen LogP contribution in [0.2, 0.25) is 0 Å². The first kappa shape index (κ1) is 41.5. The molecular weight excluding hydrogens is 750 g/mol. The van der Waals surface area contributed by atoms with E-state index in [2.05, 4.69) is 5.32 Å². The molecule has 4 aromatic rings. The second kappa shape index (κ2) is 16.7. The number of ether oxygens (including phenoxy) is 4. The van der Waals surface area contributed by atoms with Gasteiger partial charge in [0.1, 0.15) is 34.9 Å². The number of nitrogens with zero attached hydrogens (tertiary/aromatic N) is 2. The van der Waals surface area contributed by atoms with Crippen LogP contribution in [0.1, 0.15) is 75.1 Å². The summed E-state index contributed by atoms with van der Waals surface area (Å²) in [5.74, 6) is -2.37. The smallest absolute Gasteiger partial charge is 0.410 e. The first-order valence-corrected chi connectivity index (χ1v) is 19.1. The Labute approximate surface area is 336 Å². The summed E-state index contributed by atoms with van der Waals surface area (Å²) >= 11 is 0. The van der Waals surface area contributed by atoms with Crippen molar-refractivity contribution in [3.8, 4) is 33.8 Å². The lowest BCUT2D eigenvalue weighted by Crippen LogP contribution is -2.36. The second-order valence-corrected chi connectivity index (χ2v) is 16.4. The Bertz CT molecular complexity index is 2200. The van der Waals surface area contributed by atoms with Crippen LogP contribution in [-0.2, 0) is 9.47 Å². The third-order valence-corrected chi connectivity index (χ3v) is 9.37. The van der Waals surface area contributed by atoms with Gasteiger partial charge in [-0.25, -0.2) is 18.4 Å². The second-order valence-electron chi connectivity index (χ2n) is 16.4. The highest BCUT2D eigenvalue weighted by molar-refractivity contribution is 6.05. The van der Waals surface area contributed by atoms with E-state index in [0.717, 1.165) is 12.1 Å². The fourth-order valence-electron chi connectivity index (χ4n) is 6.61. The van der Waals surface area contributed by atoms with E-state index in [1.165, 1.54) is 12.1 Å². The number of nitrogens with two attached hydrogens (primary N) is 1. The van der Waals surface area contributed by atoms with Gasteiger partial charge in [0.2, 0.25) is 5.91 Å². The highest BCUT2D eigenvalue weighted by Crippen LogP contribution is 2.37. The fraction of sp³-hybridized carbons (Fsp3) is 0.364. The van der Waals surface area contributed by atoms with E-state index in [1.807, 2.05) is 0 Å². The average molecular weight is 799 g/mol. The molecule has 2 saturated heterocycles. The lowest BCUT2D eigenvalue weighted by Gasteiger charge is -2.24. The molecule has 2 fully saturated rings. The van der Waals surface area contributed by atoms with Gasteiger partial charge in [0, 0.05) is 53.9 Å². The monoisotopic (exact) mass is 798 g/mol. The Morgan fingerprint density at radius 3 is 1.66 bits per heavy atom. The van der Waals surface area contributed by atoms with Crippen molar-refractivity contribution in [2.75, 3.05) is 31.5 Å². The number of benzene rings is 4. The number of rotatable bonds is 9. The van der Waals surface area contributed by atoms with Gasteiger partial charge in [-0.2, -0.15) is 0 Å². The Morgan fingerprint density at radius 1 is 0.638 bits per heavy atom. The number of carbonyl (C=O) groups is 4. The summed E-state index contributed by atoms with van der Waals surface area (Å²) in [7, 11) is 0. The van der Waals surface area contributed by atoms with E-state index in [4.69, 9.17) is 24.7 Å². The van der Waals surface area contributed by atoms with Crippen molar-refractivity contribution in [1.82, 2.24) is 9.80 Å². The van der Waals surface area contributed by atoms with Gasteiger partial charge in [-0.05, 0) is 113 Å². The van der Waals surface area contributed by atoms with Gasteiger partial charge in [-0.3, -0.25) is 9.59 Å². The van der Waals surface area contributed by atoms with Crippen LogP contribution < -0.4 is 20.5 Å². The Hall–Kier alpha value is -6.18. The van der Waals surface area contributed by atoms with Gasteiger partial charge >= 0.3 is 12.2 Å². The largest absolute Gasteiger partial charge is 0.488 e. The summed E-state index contributed by atoms with van der Waals surface area (Å²) in [5.41, 5.74) is 7.02. The minimum absolute atomic E-state index is 0.203. The summed E-state index contributed by atoms with van der Waals surface area (Å²) in [6.45, 7) is 12.2. The van der Waals surface area contributed by atoms with Gasteiger partial charge in [-0.1, -0.05) is 18.2 Å². The van der Waals surface area contributed by atoms with E-state index in [0.29, 0.717) is 71.9 Å². The number of amides is 4. The molecule has 6 rings (SSSR count). The van der Waals surface area contributed by atoms with Crippen LogP contribution in [-0.4, -0.2) is 83.4 Å². The lowest BCUT2D eigenvalue weighted by molar-refractivity contribution is 0.0266. The quantitative estimate of drug-likeness (QED) is 0.171. The molecule has 3 N–H and O–H groups in total. The molecule has 2 atom stereocenters. The normalized spacial score (nSPS) is 16.8. The molecule has 0 unspecified atom stereocenters. The summed E-state index contributed by atoms with van der Waals surface area (Å²) in [6, 6.07) is 19.9. The van der Waals surface area contributed by atoms with Crippen molar-refractivity contribution in [3.05, 3.63) is 102 Å². The maximum atomic E-state index is 14.5. The summed E-state index contributed by atoms with van der Waals surface area (Å²) in [6.07, 6.45) is -0.557. The first-order chi connectivity index (χ1) is 27.3. The number of primary amides is 1. The number of hydrogen-bond donors (Lipinski definition) is 2. The number of anilines is 1. The molecule has 0 bridgehead atoms. The van der Waals surface area contributed by atoms with Crippen molar-refractivity contribution in [1.29, 1.82) is 0 Å². The predicted octanol–water partition coefficient (Wildman–Crippen LogP) is 8.43. The van der Waals surface area contributed by atoms with E-state index in [-0.39, 0.29) is 23.8 Å². The van der Waals surface area contributed by atoms with Crippen LogP contribution >= 0.6 is 0 Å². The zero-order valence-electron chi connectivity index (χ0n) is 33.4. The first-order valence-electron chi connectivity index (χ1n) is 19.1. The molecular formula is C44H48F2N4O8. The molecule has 14 heteroatoms. The van der Waals surface area contributed by atoms with Gasteiger partial charge in [0.25, 0.3) is 5.91 Å². The summed E-state index contributed by atoms with van der Waals surface area (Å²) in [4.78, 5) is 54.2. The molecule has 2 aliphatic heterocycles. The molecule has 4 aromatic carbocycles. The van der Waals surface area contributed by atoms with E-state index in [1.54, 1.807) is 106 Å². The highest BCUT2D eigenvalue weighted by atomic mass is 19.2. The molecule has 0 aliphatic carbocycles. The van der Waals surface area contributed by atoms with Crippen molar-refractivity contribution in [3.63, 3.8) is 0 Å². The van der Waals surface area contributed by atoms with E-state index >= 15 is 0 Å². The van der Waals surface area contributed by atoms with Crippen LogP contribution in [0.5, 0.6) is 11.5 Å². The van der Waals surface area contributed by atoms with Gasteiger partial charge in [0.05, 0.1) is 13.1 Å². The standard InChI is InChI=1S/C44H48F2N4O8/c1-43(2,3)57-41(53)49-19-17-31(24-49)55-37-15-12-29(21-33(37)28-11-14-35(45)36(46)22-28)40(52)48-30-13-16-38(34(23-30)26-7-9-27(10-8-26)39(47)51)56-32-18-20-50(25-32)42(54)58-44(4,5)6/h7-16,21-23,31-32H,17-20,24-25H2,1-6H3,(H2,47,51)(H,48,52)/t31-,32-/m0/s1. The summed E-state index contributed by atoms with van der Waals surface area (Å²) < 4.78 is 52.3. The molecule has 2 heterocycles. The number of halogens is 2. The molecule has 0 aromatic heterocycles. The number of likely N-dealkylation sites (tertiary alicyclic amines) is 2. The number of nitrogens with one attached hydrogen (secondary N) is 1. The predicted molar refractivity (Wildman–Crippen MR) is 214 cm³/mol. The fourth-order valence-corrected chi connectivity index (χ4v) is 6.61. The molecule has 306 valence electrons. The van der Waals surface area contributed by atoms with Crippen molar-refractivity contribution in [2.24, 2.45) is 5.73 Å². The molecule has 0 saturated carbocycles. The van der Waals surface area contributed by atoms with Crippen LogP contribution in [0, 0.1) is 11.6 Å². The van der Waals surface area contributed by atoms with Crippen molar-refractivity contribution >= 4 is 29.7 Å². The molecule has 2 aliphatic rings. The van der Waals surface area contributed by atoms with Crippen LogP contribution in [0.3, 0.4) is 0 Å². The van der Waals surface area contributed by atoms with Crippen molar-refractivity contribution in [2.45, 2.75) is 77.8 Å². The van der Waals surface area contributed by atoms with Gasteiger partial charge < -0.3 is 39.8 Å². The third-order valence-electron chi connectivity index (χ3n) is 9.37. The molecule has 0 spiro atoms. The lowest BCUT2D eigenvalue weighted by atomic mass is 10.0. The zero-order chi connectivity index (χ0) is 41.9. The molecule has 12 nitrogen and oxygen atoms in total. The Kier molecular flexibility index (Phi) is 12.0. The van der Waals surface area contributed by atoms with Gasteiger partial charge in [-0.15, -0.1) is 0 Å². The van der Waals surface area contributed by atoms with Crippen LogP contribution in [0.25, 0.3) is 22.3 Å². The van der Waals surface area contributed by atoms with E-state index in [9.17, 15) is 28.0 Å². The minimum Gasteiger partial charge on any atom is -0.488 e. The minimum atomic E-state index is -1.07. The molecule has 4 amide bonds.